The molecule has 1 aromatic carbocycles. The van der Waals surface area contributed by atoms with Gasteiger partial charge in [-0.25, -0.2) is 4.39 Å². The zero-order valence-corrected chi connectivity index (χ0v) is 14.3. The topological polar surface area (TPSA) is 41.9 Å². The molecule has 0 unspecified atom stereocenters. The van der Waals surface area contributed by atoms with Crippen LogP contribution in [0.2, 0.25) is 0 Å². The lowest BCUT2D eigenvalue weighted by Gasteiger charge is -2.23. The molecular weight excluding hydrogens is 327 g/mol. The highest BCUT2D eigenvalue weighted by atomic mass is 32.1. The maximum Gasteiger partial charge on any atom is 0.264 e. The van der Waals surface area contributed by atoms with Gasteiger partial charge in [0.1, 0.15) is 5.82 Å². The Morgan fingerprint density at radius 1 is 1.42 bits per heavy atom. The standard InChI is InChI=1S/C18H19FN2O2S/c1-2-8-21(18(22)17-7-4-9-24-17)12-15-11-16(20-23-15)13-5-3-6-14(19)10-13/h3-7,9-10,15H,2,8,11-12H2,1H3/t15-/m1/s1. The van der Waals surface area contributed by atoms with Crippen LogP contribution in [-0.2, 0) is 4.84 Å². The lowest BCUT2D eigenvalue weighted by molar-refractivity contribution is 0.0426. The van der Waals surface area contributed by atoms with E-state index in [1.54, 1.807) is 11.0 Å². The molecule has 1 aliphatic rings. The maximum absolute atomic E-state index is 13.3. The van der Waals surface area contributed by atoms with Crippen molar-refractivity contribution in [3.05, 3.63) is 58.0 Å². The first-order valence-corrected chi connectivity index (χ1v) is 8.86. The quantitative estimate of drug-likeness (QED) is 0.795. The number of hydrogen-bond donors (Lipinski definition) is 0. The van der Waals surface area contributed by atoms with Crippen LogP contribution in [0.1, 0.15) is 35.0 Å². The van der Waals surface area contributed by atoms with Gasteiger partial charge in [0.15, 0.2) is 6.10 Å². The first-order valence-electron chi connectivity index (χ1n) is 7.98. The smallest absolute Gasteiger partial charge is 0.264 e. The van der Waals surface area contributed by atoms with Gasteiger partial charge in [-0.3, -0.25) is 4.79 Å². The number of carbonyl (C=O) groups is 1. The molecule has 4 nitrogen and oxygen atoms in total. The normalized spacial score (nSPS) is 16.6. The minimum absolute atomic E-state index is 0.0228. The zero-order valence-electron chi connectivity index (χ0n) is 13.4. The molecule has 24 heavy (non-hydrogen) atoms. The highest BCUT2D eigenvalue weighted by Crippen LogP contribution is 2.20. The minimum atomic E-state index is -0.292. The van der Waals surface area contributed by atoms with E-state index < -0.39 is 0 Å². The summed E-state index contributed by atoms with van der Waals surface area (Å²) in [6.45, 7) is 3.19. The number of oxime groups is 1. The number of carbonyl (C=O) groups excluding carboxylic acids is 1. The van der Waals surface area contributed by atoms with Crippen molar-refractivity contribution in [1.29, 1.82) is 0 Å². The van der Waals surface area contributed by atoms with Gasteiger partial charge in [0.05, 0.1) is 17.1 Å². The number of hydrogen-bond acceptors (Lipinski definition) is 4. The van der Waals surface area contributed by atoms with E-state index in [9.17, 15) is 9.18 Å². The van der Waals surface area contributed by atoms with Crippen molar-refractivity contribution in [2.45, 2.75) is 25.9 Å². The molecular formula is C18H19FN2O2S. The van der Waals surface area contributed by atoms with Gasteiger partial charge in [0, 0.05) is 18.5 Å². The Balaban J connectivity index is 1.64. The Morgan fingerprint density at radius 2 is 2.29 bits per heavy atom. The van der Waals surface area contributed by atoms with Gasteiger partial charge in [-0.1, -0.05) is 30.3 Å². The van der Waals surface area contributed by atoms with Crippen molar-refractivity contribution in [3.63, 3.8) is 0 Å². The van der Waals surface area contributed by atoms with Crippen LogP contribution in [0.3, 0.4) is 0 Å². The van der Waals surface area contributed by atoms with E-state index in [1.807, 2.05) is 30.5 Å². The third-order valence-corrected chi connectivity index (χ3v) is 4.69. The van der Waals surface area contributed by atoms with E-state index in [1.165, 1.54) is 23.5 Å². The van der Waals surface area contributed by atoms with Crippen molar-refractivity contribution in [3.8, 4) is 0 Å². The van der Waals surface area contributed by atoms with Gasteiger partial charge < -0.3 is 9.74 Å². The number of rotatable bonds is 6. The van der Waals surface area contributed by atoms with E-state index in [0.717, 1.165) is 22.6 Å². The van der Waals surface area contributed by atoms with Crippen molar-refractivity contribution in [2.24, 2.45) is 5.16 Å². The average molecular weight is 346 g/mol. The summed E-state index contributed by atoms with van der Waals surface area (Å²) >= 11 is 1.44. The molecule has 1 aliphatic heterocycles. The lowest BCUT2D eigenvalue weighted by atomic mass is 10.0. The predicted octanol–water partition coefficient (Wildman–Crippen LogP) is 3.93. The second kappa shape index (κ2) is 7.57. The lowest BCUT2D eigenvalue weighted by Crippen LogP contribution is -2.38. The second-order valence-electron chi connectivity index (χ2n) is 5.71. The number of halogens is 1. The first kappa shape index (κ1) is 16.6. The van der Waals surface area contributed by atoms with Gasteiger partial charge in [0.25, 0.3) is 5.91 Å². The number of nitrogens with zero attached hydrogens (tertiary/aromatic N) is 2. The van der Waals surface area contributed by atoms with Crippen molar-refractivity contribution in [2.75, 3.05) is 13.1 Å². The largest absolute Gasteiger partial charge is 0.390 e. The fraction of sp³-hybridized carbons (Fsp3) is 0.333. The molecule has 0 saturated heterocycles. The Hall–Kier alpha value is -2.21. The average Bonchev–Trinajstić information content (AvgIpc) is 3.26. The molecule has 1 atom stereocenters. The Kier molecular flexibility index (Phi) is 5.25. The van der Waals surface area contributed by atoms with E-state index in [4.69, 9.17) is 4.84 Å². The van der Waals surface area contributed by atoms with Crippen LogP contribution >= 0.6 is 11.3 Å². The number of amides is 1. The van der Waals surface area contributed by atoms with Crippen LogP contribution in [0.15, 0.2) is 46.9 Å². The molecule has 0 N–H and O–H groups in total. The van der Waals surface area contributed by atoms with E-state index >= 15 is 0 Å². The maximum atomic E-state index is 13.3. The number of thiophene rings is 1. The van der Waals surface area contributed by atoms with Gasteiger partial charge in [-0.2, -0.15) is 0 Å². The summed E-state index contributed by atoms with van der Waals surface area (Å²) in [6, 6.07) is 10.0. The van der Waals surface area contributed by atoms with Crippen LogP contribution in [0, 0.1) is 5.82 Å². The van der Waals surface area contributed by atoms with E-state index in [0.29, 0.717) is 19.5 Å². The Bertz CT molecular complexity index is 730. The summed E-state index contributed by atoms with van der Waals surface area (Å²) in [5, 5.41) is 5.98. The molecule has 0 fully saturated rings. The molecule has 0 bridgehead atoms. The zero-order chi connectivity index (χ0) is 16.9. The van der Waals surface area contributed by atoms with Crippen LogP contribution in [0.25, 0.3) is 0 Å². The fourth-order valence-electron chi connectivity index (χ4n) is 2.71. The predicted molar refractivity (Wildman–Crippen MR) is 92.9 cm³/mol. The molecule has 1 amide bonds. The molecule has 2 heterocycles. The van der Waals surface area contributed by atoms with Gasteiger partial charge in [-0.15, -0.1) is 11.3 Å². The molecule has 0 saturated carbocycles. The molecule has 0 radical (unpaired) electrons. The summed E-state index contributed by atoms with van der Waals surface area (Å²) < 4.78 is 13.3. The summed E-state index contributed by atoms with van der Waals surface area (Å²) in [6.07, 6.45) is 1.25. The Labute approximate surface area is 144 Å². The third-order valence-electron chi connectivity index (χ3n) is 3.83. The van der Waals surface area contributed by atoms with Crippen molar-refractivity contribution in [1.82, 2.24) is 4.90 Å². The molecule has 0 spiro atoms. The monoisotopic (exact) mass is 346 g/mol. The molecule has 2 aromatic rings. The summed E-state index contributed by atoms with van der Waals surface area (Å²) in [4.78, 5) is 20.6. The van der Waals surface area contributed by atoms with Crippen LogP contribution in [-0.4, -0.2) is 35.7 Å². The van der Waals surface area contributed by atoms with E-state index in [-0.39, 0.29) is 17.8 Å². The highest BCUT2D eigenvalue weighted by molar-refractivity contribution is 7.12. The molecule has 6 heteroatoms. The first-order chi connectivity index (χ1) is 11.7. The van der Waals surface area contributed by atoms with Crippen LogP contribution in [0.4, 0.5) is 4.39 Å². The second-order valence-corrected chi connectivity index (χ2v) is 6.66. The van der Waals surface area contributed by atoms with E-state index in [2.05, 4.69) is 5.16 Å². The van der Waals surface area contributed by atoms with Gasteiger partial charge in [-0.05, 0) is 30.0 Å². The summed E-state index contributed by atoms with van der Waals surface area (Å²) in [7, 11) is 0. The Morgan fingerprint density at radius 3 is 3.00 bits per heavy atom. The minimum Gasteiger partial charge on any atom is -0.390 e. The van der Waals surface area contributed by atoms with Crippen molar-refractivity contribution < 1.29 is 14.0 Å². The number of benzene rings is 1. The molecule has 1 aromatic heterocycles. The molecule has 0 aliphatic carbocycles. The summed E-state index contributed by atoms with van der Waals surface area (Å²) in [5.41, 5.74) is 1.45. The summed E-state index contributed by atoms with van der Waals surface area (Å²) in [5.74, 6) is -0.270. The van der Waals surface area contributed by atoms with Gasteiger partial charge in [0.2, 0.25) is 0 Å². The molecule has 126 valence electrons. The molecule has 3 rings (SSSR count). The van der Waals surface area contributed by atoms with Crippen LogP contribution in [0.5, 0.6) is 0 Å². The third kappa shape index (κ3) is 3.82. The fourth-order valence-corrected chi connectivity index (χ4v) is 3.40. The van der Waals surface area contributed by atoms with Gasteiger partial charge >= 0.3 is 0 Å². The SMILES string of the molecule is CCCN(C[C@H]1CC(c2cccc(F)c2)=NO1)C(=O)c1cccs1. The van der Waals surface area contributed by atoms with Crippen LogP contribution < -0.4 is 0 Å². The van der Waals surface area contributed by atoms with Crippen molar-refractivity contribution >= 4 is 23.0 Å². The highest BCUT2D eigenvalue weighted by Gasteiger charge is 2.27.